The second kappa shape index (κ2) is 16.4. The van der Waals surface area contributed by atoms with Gasteiger partial charge in [-0.1, -0.05) is 51.2 Å². The van der Waals surface area contributed by atoms with Crippen molar-refractivity contribution < 1.29 is 17.9 Å². The molecule has 0 aliphatic carbocycles. The summed E-state index contributed by atoms with van der Waals surface area (Å²) in [6.07, 6.45) is 5.94. The van der Waals surface area contributed by atoms with Gasteiger partial charge in [0.15, 0.2) is 11.7 Å². The number of methoxy groups -OCH3 is 2. The molecule has 46 heavy (non-hydrogen) atoms. The van der Waals surface area contributed by atoms with Gasteiger partial charge in [0.05, 0.1) is 36.9 Å². The molecule has 0 saturated heterocycles. The number of hydrogen-bond donors (Lipinski definition) is 1. The molecule has 0 radical (unpaired) electrons. The molecule has 4 rings (SSSR count). The molecule has 1 aliphatic heterocycles. The van der Waals surface area contributed by atoms with Gasteiger partial charge >= 0.3 is 0 Å². The zero-order valence-corrected chi connectivity index (χ0v) is 28.8. The van der Waals surface area contributed by atoms with E-state index in [1.165, 1.54) is 6.42 Å². The van der Waals surface area contributed by atoms with E-state index in [1.807, 2.05) is 37.3 Å². The number of hydrogen-bond acceptors (Lipinski definition) is 7. The molecule has 0 atom stereocenters. The maximum atomic E-state index is 13.3. The van der Waals surface area contributed by atoms with Crippen LogP contribution in [0.1, 0.15) is 76.0 Å². The highest BCUT2D eigenvalue weighted by Gasteiger charge is 2.27. The van der Waals surface area contributed by atoms with Gasteiger partial charge in [-0.25, -0.2) is 23.4 Å². The van der Waals surface area contributed by atoms with Crippen LogP contribution in [0.25, 0.3) is 0 Å². The van der Waals surface area contributed by atoms with Crippen LogP contribution >= 0.6 is 0 Å². The molecule has 246 valence electrons. The summed E-state index contributed by atoms with van der Waals surface area (Å²) in [4.78, 5) is 17.1. The van der Waals surface area contributed by atoms with Crippen molar-refractivity contribution in [2.75, 3.05) is 42.7 Å². The highest BCUT2D eigenvalue weighted by molar-refractivity contribution is 7.92. The summed E-state index contributed by atoms with van der Waals surface area (Å²) in [7, 11) is -0.486. The number of anilines is 2. The SMILES string of the molecule is CCCCCCCCS(=O)(=O)Nc1cc(OC)ccc1C1=NC(c2ccccc2OC)=N/C1=N\c1ccc(N(CC)CC)cc1C. The average molecular weight is 646 g/mol. The zero-order chi connectivity index (χ0) is 33.1. The fraction of sp³-hybridized carbons (Fsp3) is 0.417. The Hall–Kier alpha value is -4.18. The zero-order valence-electron chi connectivity index (χ0n) is 28.0. The Morgan fingerprint density at radius 3 is 2.26 bits per heavy atom. The molecule has 10 heteroatoms. The van der Waals surface area contributed by atoms with Crippen molar-refractivity contribution in [2.24, 2.45) is 15.0 Å². The molecular formula is C36H47N5O4S. The van der Waals surface area contributed by atoms with E-state index >= 15 is 0 Å². The average Bonchev–Trinajstić information content (AvgIpc) is 3.47. The van der Waals surface area contributed by atoms with E-state index in [4.69, 9.17) is 24.5 Å². The molecule has 0 bridgehead atoms. The van der Waals surface area contributed by atoms with Crippen LogP contribution in [-0.4, -0.2) is 58.9 Å². The second-order valence-corrected chi connectivity index (χ2v) is 13.1. The number of aryl methyl sites for hydroxylation is 1. The Bertz CT molecular complexity index is 1690. The molecule has 3 aromatic carbocycles. The molecule has 0 saturated carbocycles. The Morgan fingerprint density at radius 2 is 1.57 bits per heavy atom. The van der Waals surface area contributed by atoms with Gasteiger partial charge in [0.25, 0.3) is 0 Å². The summed E-state index contributed by atoms with van der Waals surface area (Å²) in [5.41, 5.74) is 4.95. The topological polar surface area (TPSA) is 105 Å². The van der Waals surface area contributed by atoms with Crippen LogP contribution in [0.4, 0.5) is 17.1 Å². The van der Waals surface area contributed by atoms with Crippen LogP contribution in [0.2, 0.25) is 0 Å². The number of nitrogens with one attached hydrogen (secondary N) is 1. The van der Waals surface area contributed by atoms with Gasteiger partial charge in [-0.05, 0) is 75.2 Å². The van der Waals surface area contributed by atoms with Crippen molar-refractivity contribution in [1.29, 1.82) is 0 Å². The van der Waals surface area contributed by atoms with Crippen LogP contribution in [0.15, 0.2) is 75.6 Å². The molecule has 0 fully saturated rings. The van der Waals surface area contributed by atoms with Gasteiger partial charge in [-0.2, -0.15) is 0 Å². The van der Waals surface area contributed by atoms with Gasteiger partial charge in [0, 0.05) is 30.4 Å². The number of unbranched alkanes of at least 4 members (excludes halogenated alkanes) is 5. The summed E-state index contributed by atoms with van der Waals surface area (Å²) >= 11 is 0. The number of benzene rings is 3. The van der Waals surface area contributed by atoms with Crippen molar-refractivity contribution in [1.82, 2.24) is 0 Å². The Labute approximate surface area is 274 Å². The lowest BCUT2D eigenvalue weighted by Gasteiger charge is -2.21. The molecule has 1 aliphatic rings. The number of rotatable bonds is 17. The lowest BCUT2D eigenvalue weighted by Crippen LogP contribution is -2.21. The van der Waals surface area contributed by atoms with Gasteiger partial charge < -0.3 is 14.4 Å². The fourth-order valence-electron chi connectivity index (χ4n) is 5.44. The lowest BCUT2D eigenvalue weighted by atomic mass is 10.1. The molecule has 0 spiro atoms. The van der Waals surface area contributed by atoms with Crippen molar-refractivity contribution in [3.63, 3.8) is 0 Å². The van der Waals surface area contributed by atoms with E-state index in [1.54, 1.807) is 32.4 Å². The number of sulfonamides is 1. The lowest BCUT2D eigenvalue weighted by molar-refractivity contribution is 0.414. The molecule has 1 heterocycles. The first kappa shape index (κ1) is 34.7. The number of ether oxygens (including phenoxy) is 2. The Kier molecular flexibility index (Phi) is 12.4. The van der Waals surface area contributed by atoms with Crippen LogP contribution in [0, 0.1) is 6.92 Å². The smallest absolute Gasteiger partial charge is 0.232 e. The highest BCUT2D eigenvalue weighted by atomic mass is 32.2. The third kappa shape index (κ3) is 8.75. The van der Waals surface area contributed by atoms with Crippen molar-refractivity contribution in [3.05, 3.63) is 77.4 Å². The highest BCUT2D eigenvalue weighted by Crippen LogP contribution is 2.31. The number of nitrogens with zero attached hydrogens (tertiary/aromatic N) is 4. The predicted octanol–water partition coefficient (Wildman–Crippen LogP) is 7.94. The Balaban J connectivity index is 1.77. The maximum Gasteiger partial charge on any atom is 0.232 e. The van der Waals surface area contributed by atoms with Crippen molar-refractivity contribution in [2.45, 2.75) is 66.2 Å². The van der Waals surface area contributed by atoms with E-state index in [0.29, 0.717) is 52.1 Å². The maximum absolute atomic E-state index is 13.3. The molecule has 0 aromatic heterocycles. The van der Waals surface area contributed by atoms with E-state index in [0.717, 1.165) is 55.7 Å². The molecule has 0 amide bonds. The largest absolute Gasteiger partial charge is 0.497 e. The van der Waals surface area contributed by atoms with Gasteiger partial charge in [0.2, 0.25) is 10.0 Å². The van der Waals surface area contributed by atoms with E-state index in [2.05, 4.69) is 42.5 Å². The minimum atomic E-state index is -3.64. The molecule has 0 unspecified atom stereocenters. The molecule has 3 aromatic rings. The van der Waals surface area contributed by atoms with E-state index in [-0.39, 0.29) is 5.75 Å². The summed E-state index contributed by atoms with van der Waals surface area (Å²) in [5.74, 6) is 1.98. The van der Waals surface area contributed by atoms with Crippen molar-refractivity contribution in [3.8, 4) is 11.5 Å². The van der Waals surface area contributed by atoms with Gasteiger partial charge in [-0.3, -0.25) is 4.72 Å². The Morgan fingerprint density at radius 1 is 0.826 bits per heavy atom. The minimum Gasteiger partial charge on any atom is -0.497 e. The normalized spacial score (nSPS) is 13.8. The fourth-order valence-corrected chi connectivity index (χ4v) is 6.63. The summed E-state index contributed by atoms with van der Waals surface area (Å²) in [6.45, 7) is 10.3. The monoisotopic (exact) mass is 645 g/mol. The summed E-state index contributed by atoms with van der Waals surface area (Å²) in [5, 5.41) is 0. The quantitative estimate of drug-likeness (QED) is 0.150. The molecular weight excluding hydrogens is 598 g/mol. The summed E-state index contributed by atoms with van der Waals surface area (Å²) in [6, 6.07) is 19.0. The number of para-hydroxylation sites is 1. The third-order valence-corrected chi connectivity index (χ3v) is 9.40. The third-order valence-electron chi connectivity index (χ3n) is 8.04. The van der Waals surface area contributed by atoms with Gasteiger partial charge in [0.1, 0.15) is 17.2 Å². The predicted molar refractivity (Wildman–Crippen MR) is 192 cm³/mol. The van der Waals surface area contributed by atoms with Gasteiger partial charge in [-0.15, -0.1) is 0 Å². The van der Waals surface area contributed by atoms with E-state index < -0.39 is 10.0 Å². The standard InChI is InChI=1S/C36H47N5O4S/c1-7-10-11-12-13-16-23-46(42,43)40-32-25-28(44-5)20-21-29(32)34-36(39-35(38-34)30-17-14-15-18-33(30)45-6)37-31-22-19-27(24-26(31)4)41(8-2)9-3/h14-15,17-22,24-25,40H,7-13,16,23H2,1-6H3/b37-36-. The second-order valence-electron chi connectivity index (χ2n) is 11.3. The van der Waals surface area contributed by atoms with Crippen LogP contribution in [0.3, 0.4) is 0 Å². The summed E-state index contributed by atoms with van der Waals surface area (Å²) < 4.78 is 40.5. The first-order valence-electron chi connectivity index (χ1n) is 16.2. The first-order valence-corrected chi connectivity index (χ1v) is 17.8. The van der Waals surface area contributed by atoms with E-state index in [9.17, 15) is 8.42 Å². The molecule has 1 N–H and O–H groups in total. The van der Waals surface area contributed by atoms with Crippen molar-refractivity contribution >= 4 is 44.5 Å². The van der Waals surface area contributed by atoms with Crippen LogP contribution in [0.5, 0.6) is 11.5 Å². The van der Waals surface area contributed by atoms with Crippen LogP contribution < -0.4 is 19.1 Å². The minimum absolute atomic E-state index is 0.0320. The number of amidine groups is 2. The van der Waals surface area contributed by atoms with Crippen LogP contribution in [-0.2, 0) is 10.0 Å². The molecule has 9 nitrogen and oxygen atoms in total. The first-order chi connectivity index (χ1) is 22.2. The number of aliphatic imine (C=N–C) groups is 3.